The number of fused-ring (bicyclic) bond motifs is 1. The van der Waals surface area contributed by atoms with E-state index in [0.717, 1.165) is 16.3 Å². The Morgan fingerprint density at radius 2 is 2.17 bits per heavy atom. The SMILES string of the molecule is COc1ccc2nc(NC(=O)c3cc([N+](=O)[O-])ccn3)sc2c1. The minimum Gasteiger partial charge on any atom is -0.497 e. The second-order valence-corrected chi connectivity index (χ2v) is 5.49. The molecule has 0 aliphatic heterocycles. The standard InChI is InChI=1S/C14H10N4O4S/c1-22-9-2-3-10-12(7-9)23-14(16-10)17-13(19)11-6-8(18(20)21)4-5-15-11/h2-7H,1H3,(H,16,17,19). The molecule has 0 saturated heterocycles. The number of rotatable bonds is 4. The number of pyridine rings is 1. The number of anilines is 1. The van der Waals surface area contributed by atoms with E-state index in [1.165, 1.54) is 23.6 Å². The lowest BCUT2D eigenvalue weighted by molar-refractivity contribution is -0.385. The van der Waals surface area contributed by atoms with Crippen LogP contribution in [0.5, 0.6) is 5.75 Å². The molecule has 116 valence electrons. The van der Waals surface area contributed by atoms with Crippen molar-refractivity contribution in [3.05, 3.63) is 52.3 Å². The molecule has 1 aromatic carbocycles. The number of carbonyl (C=O) groups excluding carboxylic acids is 1. The van der Waals surface area contributed by atoms with Gasteiger partial charge in [0.2, 0.25) is 0 Å². The Kier molecular flexibility index (Phi) is 3.85. The maximum absolute atomic E-state index is 12.1. The van der Waals surface area contributed by atoms with Gasteiger partial charge in [-0.3, -0.25) is 25.2 Å². The lowest BCUT2D eigenvalue weighted by atomic mass is 10.3. The largest absolute Gasteiger partial charge is 0.497 e. The highest BCUT2D eigenvalue weighted by molar-refractivity contribution is 7.22. The van der Waals surface area contributed by atoms with Gasteiger partial charge in [-0.1, -0.05) is 11.3 Å². The van der Waals surface area contributed by atoms with Crippen LogP contribution in [-0.4, -0.2) is 27.9 Å². The lowest BCUT2D eigenvalue weighted by Crippen LogP contribution is -2.13. The third-order valence-electron chi connectivity index (χ3n) is 3.00. The van der Waals surface area contributed by atoms with Crippen LogP contribution in [0.2, 0.25) is 0 Å². The molecule has 3 rings (SSSR count). The highest BCUT2D eigenvalue weighted by Crippen LogP contribution is 2.29. The fraction of sp³-hybridized carbons (Fsp3) is 0.0714. The molecule has 1 N–H and O–H groups in total. The summed E-state index contributed by atoms with van der Waals surface area (Å²) in [7, 11) is 1.57. The van der Waals surface area contributed by atoms with Crippen molar-refractivity contribution >= 4 is 38.3 Å². The van der Waals surface area contributed by atoms with Gasteiger partial charge in [-0.15, -0.1) is 0 Å². The van der Waals surface area contributed by atoms with Crippen LogP contribution in [0.1, 0.15) is 10.5 Å². The molecule has 0 aliphatic rings. The van der Waals surface area contributed by atoms with Crippen molar-refractivity contribution in [2.24, 2.45) is 0 Å². The predicted octanol–water partition coefficient (Wildman–Crippen LogP) is 2.86. The molecule has 0 aliphatic carbocycles. The van der Waals surface area contributed by atoms with Crippen molar-refractivity contribution in [2.45, 2.75) is 0 Å². The van der Waals surface area contributed by atoms with Gasteiger partial charge in [-0.05, 0) is 18.2 Å². The molecular formula is C14H10N4O4S. The van der Waals surface area contributed by atoms with E-state index < -0.39 is 10.8 Å². The van der Waals surface area contributed by atoms with Gasteiger partial charge in [-0.2, -0.15) is 0 Å². The average molecular weight is 330 g/mol. The maximum atomic E-state index is 12.1. The van der Waals surface area contributed by atoms with E-state index in [4.69, 9.17) is 4.74 Å². The smallest absolute Gasteiger partial charge is 0.276 e. The van der Waals surface area contributed by atoms with Gasteiger partial charge in [0.25, 0.3) is 11.6 Å². The summed E-state index contributed by atoms with van der Waals surface area (Å²) in [4.78, 5) is 30.4. The summed E-state index contributed by atoms with van der Waals surface area (Å²) in [5.74, 6) is 0.138. The number of ether oxygens (including phenoxy) is 1. The van der Waals surface area contributed by atoms with Gasteiger partial charge in [-0.25, -0.2) is 4.98 Å². The molecule has 1 amide bonds. The Balaban J connectivity index is 1.85. The third kappa shape index (κ3) is 3.09. The number of hydrogen-bond donors (Lipinski definition) is 1. The van der Waals surface area contributed by atoms with Crippen LogP contribution in [0.4, 0.5) is 10.8 Å². The number of nitrogens with zero attached hydrogens (tertiary/aromatic N) is 3. The van der Waals surface area contributed by atoms with Crippen molar-refractivity contribution < 1.29 is 14.5 Å². The van der Waals surface area contributed by atoms with Crippen LogP contribution in [0.15, 0.2) is 36.5 Å². The van der Waals surface area contributed by atoms with Crippen molar-refractivity contribution in [1.29, 1.82) is 0 Å². The molecule has 0 radical (unpaired) electrons. The van der Waals surface area contributed by atoms with E-state index in [0.29, 0.717) is 10.9 Å². The highest BCUT2D eigenvalue weighted by Gasteiger charge is 2.15. The number of thiazole rings is 1. The molecule has 8 nitrogen and oxygen atoms in total. The normalized spacial score (nSPS) is 10.5. The molecule has 0 atom stereocenters. The first kappa shape index (κ1) is 14.9. The molecule has 0 spiro atoms. The number of carbonyl (C=O) groups is 1. The first-order valence-electron chi connectivity index (χ1n) is 6.43. The number of nitro groups is 1. The zero-order valence-electron chi connectivity index (χ0n) is 11.8. The maximum Gasteiger partial charge on any atom is 0.276 e. The zero-order chi connectivity index (χ0) is 16.4. The van der Waals surface area contributed by atoms with Gasteiger partial charge in [0.05, 0.1) is 22.2 Å². The second kappa shape index (κ2) is 5.97. The Bertz CT molecular complexity index is 909. The molecule has 9 heteroatoms. The molecule has 0 fully saturated rings. The van der Waals surface area contributed by atoms with E-state index >= 15 is 0 Å². The summed E-state index contributed by atoms with van der Waals surface area (Å²) in [5, 5.41) is 13.7. The lowest BCUT2D eigenvalue weighted by Gasteiger charge is -2.00. The van der Waals surface area contributed by atoms with Crippen LogP contribution < -0.4 is 10.1 Å². The summed E-state index contributed by atoms with van der Waals surface area (Å²) in [6.07, 6.45) is 1.22. The number of hydrogen-bond acceptors (Lipinski definition) is 7. The quantitative estimate of drug-likeness (QED) is 0.582. The number of aromatic nitrogens is 2. The molecule has 0 unspecified atom stereocenters. The average Bonchev–Trinajstić information content (AvgIpc) is 2.95. The summed E-state index contributed by atoms with van der Waals surface area (Å²) < 4.78 is 5.99. The number of benzene rings is 1. The Morgan fingerprint density at radius 1 is 1.35 bits per heavy atom. The van der Waals surface area contributed by atoms with Gasteiger partial charge < -0.3 is 4.74 Å². The van der Waals surface area contributed by atoms with E-state index in [1.807, 2.05) is 6.07 Å². The van der Waals surface area contributed by atoms with Crippen LogP contribution in [0, 0.1) is 10.1 Å². The molecule has 2 aromatic heterocycles. The van der Waals surface area contributed by atoms with Crippen LogP contribution in [-0.2, 0) is 0 Å². The molecule has 23 heavy (non-hydrogen) atoms. The Morgan fingerprint density at radius 3 is 2.91 bits per heavy atom. The monoisotopic (exact) mass is 330 g/mol. The minimum absolute atomic E-state index is 0.0453. The van der Waals surface area contributed by atoms with E-state index in [-0.39, 0.29) is 11.4 Å². The summed E-state index contributed by atoms with van der Waals surface area (Å²) in [5.41, 5.74) is 0.480. The van der Waals surface area contributed by atoms with Crippen LogP contribution in [0.3, 0.4) is 0 Å². The first-order chi connectivity index (χ1) is 11.1. The number of methoxy groups -OCH3 is 1. The van der Waals surface area contributed by atoms with E-state index in [9.17, 15) is 14.9 Å². The zero-order valence-corrected chi connectivity index (χ0v) is 12.7. The summed E-state index contributed by atoms with van der Waals surface area (Å²) in [6.45, 7) is 0. The number of nitrogens with one attached hydrogen (secondary N) is 1. The topological polar surface area (TPSA) is 107 Å². The van der Waals surface area contributed by atoms with Crippen molar-refractivity contribution in [2.75, 3.05) is 12.4 Å². The predicted molar refractivity (Wildman–Crippen MR) is 85.0 cm³/mol. The van der Waals surface area contributed by atoms with E-state index in [2.05, 4.69) is 15.3 Å². The summed E-state index contributed by atoms with van der Waals surface area (Å²) >= 11 is 1.28. The minimum atomic E-state index is -0.581. The molecule has 0 bridgehead atoms. The molecule has 2 heterocycles. The fourth-order valence-corrected chi connectivity index (χ4v) is 2.79. The van der Waals surface area contributed by atoms with Crippen molar-refractivity contribution in [3.63, 3.8) is 0 Å². The van der Waals surface area contributed by atoms with Crippen molar-refractivity contribution in [1.82, 2.24) is 9.97 Å². The van der Waals surface area contributed by atoms with Gasteiger partial charge in [0.15, 0.2) is 5.13 Å². The van der Waals surface area contributed by atoms with Crippen LogP contribution in [0.25, 0.3) is 10.2 Å². The molecule has 0 saturated carbocycles. The Hall–Kier alpha value is -3.07. The fourth-order valence-electron chi connectivity index (χ4n) is 1.90. The first-order valence-corrected chi connectivity index (χ1v) is 7.25. The third-order valence-corrected chi connectivity index (χ3v) is 3.94. The second-order valence-electron chi connectivity index (χ2n) is 4.46. The van der Waals surface area contributed by atoms with Crippen LogP contribution >= 0.6 is 11.3 Å². The van der Waals surface area contributed by atoms with E-state index in [1.54, 1.807) is 19.2 Å². The highest BCUT2D eigenvalue weighted by atomic mass is 32.1. The summed E-state index contributed by atoms with van der Waals surface area (Å²) in [6, 6.07) is 7.71. The van der Waals surface area contributed by atoms with Gasteiger partial charge >= 0.3 is 0 Å². The number of amides is 1. The van der Waals surface area contributed by atoms with Gasteiger partial charge in [0.1, 0.15) is 11.4 Å². The molecule has 3 aromatic rings. The van der Waals surface area contributed by atoms with Gasteiger partial charge in [0, 0.05) is 18.3 Å². The van der Waals surface area contributed by atoms with Crippen molar-refractivity contribution in [3.8, 4) is 5.75 Å². The Labute approximate surface area is 133 Å². The molecular weight excluding hydrogens is 320 g/mol.